The van der Waals surface area contributed by atoms with Crippen molar-refractivity contribution in [2.75, 3.05) is 5.32 Å². The summed E-state index contributed by atoms with van der Waals surface area (Å²) in [5.74, 6) is 0.617. The maximum Gasteiger partial charge on any atom is 0.319 e. The van der Waals surface area contributed by atoms with Crippen LogP contribution in [0.5, 0.6) is 10.9 Å². The third-order valence-electron chi connectivity index (χ3n) is 3.15. The third kappa shape index (κ3) is 4.54. The average molecular weight is 396 g/mol. The molecule has 0 aliphatic heterocycles. The van der Waals surface area contributed by atoms with E-state index in [0.29, 0.717) is 26.7 Å². The van der Waals surface area contributed by atoms with Gasteiger partial charge in [0.25, 0.3) is 5.19 Å². The van der Waals surface area contributed by atoms with Gasteiger partial charge in [-0.3, -0.25) is 0 Å². The number of benzene rings is 2. The van der Waals surface area contributed by atoms with E-state index in [4.69, 9.17) is 27.9 Å². The number of hydrogen-bond acceptors (Lipinski definition) is 4. The summed E-state index contributed by atoms with van der Waals surface area (Å²) < 4.78 is 6.66. The first kappa shape index (κ1) is 17.8. The van der Waals surface area contributed by atoms with Gasteiger partial charge in [-0.25, -0.2) is 9.78 Å². The number of nitrogens with one attached hydrogen (secondary N) is 2. The van der Waals surface area contributed by atoms with Crippen LogP contribution in [0.1, 0.15) is 13.8 Å². The molecule has 3 rings (SSSR count). The molecule has 2 amide bonds. The minimum Gasteiger partial charge on any atom is -0.431 e. The summed E-state index contributed by atoms with van der Waals surface area (Å²) in [6.07, 6.45) is 0. The van der Waals surface area contributed by atoms with E-state index in [-0.39, 0.29) is 12.1 Å². The van der Waals surface area contributed by atoms with Crippen molar-refractivity contribution in [3.63, 3.8) is 0 Å². The van der Waals surface area contributed by atoms with Crippen molar-refractivity contribution in [3.8, 4) is 10.9 Å². The second-order valence-electron chi connectivity index (χ2n) is 5.59. The van der Waals surface area contributed by atoms with Gasteiger partial charge in [-0.2, -0.15) is 0 Å². The zero-order valence-electron chi connectivity index (χ0n) is 13.5. The number of amides is 2. The van der Waals surface area contributed by atoms with E-state index in [9.17, 15) is 4.79 Å². The molecule has 25 heavy (non-hydrogen) atoms. The topological polar surface area (TPSA) is 63.2 Å². The number of aromatic nitrogens is 1. The number of carbonyl (C=O) groups is 1. The molecule has 5 nitrogen and oxygen atoms in total. The number of carbonyl (C=O) groups excluding carboxylic acids is 1. The lowest BCUT2D eigenvalue weighted by Crippen LogP contribution is -2.34. The molecule has 2 N–H and O–H groups in total. The first-order chi connectivity index (χ1) is 11.9. The molecule has 0 saturated carbocycles. The fourth-order valence-corrected chi connectivity index (χ4v) is 3.32. The van der Waals surface area contributed by atoms with Gasteiger partial charge in [0.05, 0.1) is 20.3 Å². The van der Waals surface area contributed by atoms with Crippen LogP contribution in [0.25, 0.3) is 10.2 Å². The highest BCUT2D eigenvalue weighted by molar-refractivity contribution is 7.20. The Hall–Kier alpha value is -2.02. The van der Waals surface area contributed by atoms with Gasteiger partial charge in [0.15, 0.2) is 0 Å². The standard InChI is InChI=1S/C17H15Cl2N3O2S/c1-9(2)20-16(23)21-10-3-5-11(6-4-10)24-17-22-14-7-12(18)13(19)8-15(14)25-17/h3-9H,1-2H3,(H2,20,21,23). The zero-order chi connectivity index (χ0) is 18.0. The summed E-state index contributed by atoms with van der Waals surface area (Å²) in [6.45, 7) is 3.80. The van der Waals surface area contributed by atoms with Crippen molar-refractivity contribution in [1.82, 2.24) is 10.3 Å². The van der Waals surface area contributed by atoms with Gasteiger partial charge in [0.2, 0.25) is 0 Å². The molecule has 0 atom stereocenters. The van der Waals surface area contributed by atoms with E-state index in [1.54, 1.807) is 36.4 Å². The molecule has 2 aromatic carbocycles. The molecule has 1 aromatic heterocycles. The highest BCUT2D eigenvalue weighted by atomic mass is 35.5. The predicted octanol–water partition coefficient (Wildman–Crippen LogP) is 5.93. The maximum absolute atomic E-state index is 11.7. The van der Waals surface area contributed by atoms with E-state index in [1.807, 2.05) is 13.8 Å². The predicted molar refractivity (Wildman–Crippen MR) is 103 cm³/mol. The number of urea groups is 1. The molecule has 0 radical (unpaired) electrons. The molecule has 130 valence electrons. The summed E-state index contributed by atoms with van der Waals surface area (Å²) in [4.78, 5) is 16.1. The van der Waals surface area contributed by atoms with E-state index in [0.717, 1.165) is 10.2 Å². The summed E-state index contributed by atoms with van der Waals surface area (Å²) in [5.41, 5.74) is 1.41. The summed E-state index contributed by atoms with van der Waals surface area (Å²) in [7, 11) is 0. The number of fused-ring (bicyclic) bond motifs is 1. The first-order valence-corrected chi connectivity index (χ1v) is 9.09. The van der Waals surface area contributed by atoms with E-state index >= 15 is 0 Å². The van der Waals surface area contributed by atoms with Gasteiger partial charge in [0.1, 0.15) is 5.75 Å². The molecule has 0 aliphatic carbocycles. The number of nitrogens with zero attached hydrogens (tertiary/aromatic N) is 1. The number of anilines is 1. The van der Waals surface area contributed by atoms with Crippen molar-refractivity contribution in [2.24, 2.45) is 0 Å². The van der Waals surface area contributed by atoms with Crippen LogP contribution in [0.3, 0.4) is 0 Å². The molecular formula is C17H15Cl2N3O2S. The van der Waals surface area contributed by atoms with Gasteiger partial charge in [-0.05, 0) is 50.2 Å². The SMILES string of the molecule is CC(C)NC(=O)Nc1ccc(Oc2nc3cc(Cl)c(Cl)cc3s2)cc1. The van der Waals surface area contributed by atoms with Gasteiger partial charge in [-0.15, -0.1) is 0 Å². The van der Waals surface area contributed by atoms with Crippen LogP contribution >= 0.6 is 34.5 Å². The molecule has 8 heteroatoms. The second kappa shape index (κ2) is 7.47. The first-order valence-electron chi connectivity index (χ1n) is 7.52. The molecular weight excluding hydrogens is 381 g/mol. The average Bonchev–Trinajstić information content (AvgIpc) is 2.90. The van der Waals surface area contributed by atoms with Gasteiger partial charge < -0.3 is 15.4 Å². The Bertz CT molecular complexity index is 871. The highest BCUT2D eigenvalue weighted by Crippen LogP contribution is 2.35. The van der Waals surface area contributed by atoms with Gasteiger partial charge in [-0.1, -0.05) is 34.5 Å². The van der Waals surface area contributed by atoms with Crippen molar-refractivity contribution in [3.05, 3.63) is 46.4 Å². The van der Waals surface area contributed by atoms with Crippen molar-refractivity contribution in [1.29, 1.82) is 0 Å². The Morgan fingerprint density at radius 3 is 2.52 bits per heavy atom. The Morgan fingerprint density at radius 2 is 1.84 bits per heavy atom. The summed E-state index contributed by atoms with van der Waals surface area (Å²) in [5, 5.41) is 6.95. The fourth-order valence-electron chi connectivity index (χ4n) is 2.08. The van der Waals surface area contributed by atoms with Crippen LogP contribution in [-0.2, 0) is 0 Å². The molecule has 1 heterocycles. The summed E-state index contributed by atoms with van der Waals surface area (Å²) >= 11 is 13.4. The minimum absolute atomic E-state index is 0.0728. The maximum atomic E-state index is 11.7. The van der Waals surface area contributed by atoms with Crippen molar-refractivity contribution < 1.29 is 9.53 Å². The highest BCUT2D eigenvalue weighted by Gasteiger charge is 2.10. The van der Waals surface area contributed by atoms with Crippen LogP contribution in [0.2, 0.25) is 10.0 Å². The Balaban J connectivity index is 1.70. The zero-order valence-corrected chi connectivity index (χ0v) is 15.8. The quantitative estimate of drug-likeness (QED) is 0.575. The molecule has 0 fully saturated rings. The van der Waals surface area contributed by atoms with Crippen LogP contribution in [0.15, 0.2) is 36.4 Å². The monoisotopic (exact) mass is 395 g/mol. The molecule has 0 spiro atoms. The van der Waals surface area contributed by atoms with Crippen molar-refractivity contribution in [2.45, 2.75) is 19.9 Å². The number of rotatable bonds is 4. The molecule has 0 unspecified atom stereocenters. The minimum atomic E-state index is -0.247. The van der Waals surface area contributed by atoms with Crippen LogP contribution in [-0.4, -0.2) is 17.1 Å². The lowest BCUT2D eigenvalue weighted by Gasteiger charge is -2.10. The Morgan fingerprint density at radius 1 is 1.16 bits per heavy atom. The molecule has 0 aliphatic rings. The second-order valence-corrected chi connectivity index (χ2v) is 7.40. The van der Waals surface area contributed by atoms with Crippen LogP contribution < -0.4 is 15.4 Å². The lowest BCUT2D eigenvalue weighted by molar-refractivity contribution is 0.250. The summed E-state index contributed by atoms with van der Waals surface area (Å²) in [6, 6.07) is 10.3. The molecule has 3 aromatic rings. The number of thiazole rings is 1. The third-order valence-corrected chi connectivity index (χ3v) is 4.77. The number of hydrogen-bond donors (Lipinski definition) is 2. The van der Waals surface area contributed by atoms with Crippen LogP contribution in [0.4, 0.5) is 10.5 Å². The Labute approximate surface area is 158 Å². The lowest BCUT2D eigenvalue weighted by atomic mass is 10.3. The number of halogens is 2. The largest absolute Gasteiger partial charge is 0.431 e. The van der Waals surface area contributed by atoms with E-state index in [1.165, 1.54) is 11.3 Å². The van der Waals surface area contributed by atoms with E-state index < -0.39 is 0 Å². The van der Waals surface area contributed by atoms with E-state index in [2.05, 4.69) is 15.6 Å². The molecule has 0 saturated heterocycles. The van der Waals surface area contributed by atoms with Crippen molar-refractivity contribution >= 4 is 56.5 Å². The fraction of sp³-hybridized carbons (Fsp3) is 0.176. The van der Waals surface area contributed by atoms with Gasteiger partial charge in [0, 0.05) is 11.7 Å². The number of ether oxygens (including phenoxy) is 1. The van der Waals surface area contributed by atoms with Gasteiger partial charge >= 0.3 is 6.03 Å². The smallest absolute Gasteiger partial charge is 0.319 e. The Kier molecular flexibility index (Phi) is 5.32. The molecule has 0 bridgehead atoms. The van der Waals surface area contributed by atoms with Crippen LogP contribution in [0, 0.1) is 0 Å². The normalized spacial score (nSPS) is 10.9.